The highest BCUT2D eigenvalue weighted by atomic mass is 35.5. The number of carbonyl (C=O) groups excluding carboxylic acids is 1. The smallest absolute Gasteiger partial charge is 0.319 e. The number of benzene rings is 2. The Bertz CT molecular complexity index is 924. The molecule has 0 aliphatic heterocycles. The number of fused-ring (bicyclic) bond motifs is 1. The lowest BCUT2D eigenvalue weighted by Gasteiger charge is -2.12. The number of rotatable bonds is 6. The van der Waals surface area contributed by atoms with Crippen molar-refractivity contribution in [3.8, 4) is 11.5 Å². The molecule has 0 unspecified atom stereocenters. The summed E-state index contributed by atoms with van der Waals surface area (Å²) in [5.74, 6) is 1.19. The van der Waals surface area contributed by atoms with Crippen LogP contribution in [0.2, 0.25) is 5.02 Å². The number of carbonyl (C=O) groups is 1. The first-order valence-electron chi connectivity index (χ1n) is 8.13. The SMILES string of the molecule is COc1ccc(NC(=O)NCCc2c[nH]c3ccc(Cl)cc23)c(OC)c1. The topological polar surface area (TPSA) is 75.4 Å². The number of urea groups is 1. The zero-order chi connectivity index (χ0) is 18.5. The van der Waals surface area contributed by atoms with Crippen LogP contribution in [0.5, 0.6) is 11.5 Å². The fourth-order valence-corrected chi connectivity index (χ4v) is 2.91. The van der Waals surface area contributed by atoms with Gasteiger partial charge in [0, 0.05) is 34.7 Å². The second-order valence-corrected chi connectivity index (χ2v) is 6.14. The van der Waals surface area contributed by atoms with E-state index in [1.807, 2.05) is 24.4 Å². The number of hydrogen-bond acceptors (Lipinski definition) is 3. The predicted octanol–water partition coefficient (Wildman–Crippen LogP) is 4.20. The average Bonchev–Trinajstić information content (AvgIpc) is 3.04. The van der Waals surface area contributed by atoms with Crippen LogP contribution < -0.4 is 20.1 Å². The van der Waals surface area contributed by atoms with E-state index >= 15 is 0 Å². The molecule has 0 fully saturated rings. The zero-order valence-electron chi connectivity index (χ0n) is 14.6. The Hall–Kier alpha value is -2.86. The van der Waals surface area contributed by atoms with Gasteiger partial charge in [-0.3, -0.25) is 0 Å². The molecule has 3 aromatic rings. The van der Waals surface area contributed by atoms with E-state index < -0.39 is 0 Å². The molecular formula is C19H20ClN3O3. The molecule has 0 aliphatic rings. The molecule has 0 saturated carbocycles. The maximum absolute atomic E-state index is 12.1. The van der Waals surface area contributed by atoms with Crippen LogP contribution in [-0.2, 0) is 6.42 Å². The van der Waals surface area contributed by atoms with Gasteiger partial charge in [-0.25, -0.2) is 4.79 Å². The average molecular weight is 374 g/mol. The summed E-state index contributed by atoms with van der Waals surface area (Å²) in [4.78, 5) is 15.3. The van der Waals surface area contributed by atoms with Gasteiger partial charge in [0.25, 0.3) is 0 Å². The van der Waals surface area contributed by atoms with E-state index in [0.29, 0.717) is 35.2 Å². The standard InChI is InChI=1S/C19H20ClN3O3/c1-25-14-4-6-17(18(10-14)26-2)23-19(24)21-8-7-12-11-22-16-5-3-13(20)9-15(12)16/h3-6,9-11,22H,7-8H2,1-2H3,(H2,21,23,24). The summed E-state index contributed by atoms with van der Waals surface area (Å²) in [5, 5.41) is 7.38. The molecule has 0 radical (unpaired) electrons. The summed E-state index contributed by atoms with van der Waals surface area (Å²) < 4.78 is 10.4. The van der Waals surface area contributed by atoms with E-state index in [1.54, 1.807) is 32.4 Å². The van der Waals surface area contributed by atoms with Crippen LogP contribution in [0.4, 0.5) is 10.5 Å². The molecule has 1 heterocycles. The Morgan fingerprint density at radius 1 is 1.15 bits per heavy atom. The summed E-state index contributed by atoms with van der Waals surface area (Å²) in [6.07, 6.45) is 2.63. The number of aromatic amines is 1. The molecule has 1 aromatic heterocycles. The number of methoxy groups -OCH3 is 2. The van der Waals surface area contributed by atoms with E-state index in [4.69, 9.17) is 21.1 Å². The maximum Gasteiger partial charge on any atom is 0.319 e. The van der Waals surface area contributed by atoms with Crippen LogP contribution in [0.1, 0.15) is 5.56 Å². The van der Waals surface area contributed by atoms with Gasteiger partial charge in [0.05, 0.1) is 19.9 Å². The van der Waals surface area contributed by atoms with Crippen molar-refractivity contribution in [3.05, 3.63) is 53.2 Å². The number of hydrogen-bond donors (Lipinski definition) is 3. The number of amides is 2. The Morgan fingerprint density at radius 2 is 2.00 bits per heavy atom. The van der Waals surface area contributed by atoms with Crippen LogP contribution >= 0.6 is 11.6 Å². The van der Waals surface area contributed by atoms with Crippen molar-refractivity contribution in [3.63, 3.8) is 0 Å². The third-order valence-corrected chi connectivity index (χ3v) is 4.30. The number of anilines is 1. The maximum atomic E-state index is 12.1. The minimum atomic E-state index is -0.300. The van der Waals surface area contributed by atoms with E-state index in [9.17, 15) is 4.79 Å². The molecule has 2 aromatic carbocycles. The third kappa shape index (κ3) is 4.03. The van der Waals surface area contributed by atoms with Gasteiger partial charge in [-0.15, -0.1) is 0 Å². The van der Waals surface area contributed by atoms with Crippen molar-refractivity contribution < 1.29 is 14.3 Å². The fraction of sp³-hybridized carbons (Fsp3) is 0.211. The molecule has 0 spiro atoms. The molecule has 0 atom stereocenters. The third-order valence-electron chi connectivity index (χ3n) is 4.07. The van der Waals surface area contributed by atoms with Crippen molar-refractivity contribution >= 4 is 34.2 Å². The largest absolute Gasteiger partial charge is 0.497 e. The predicted molar refractivity (Wildman–Crippen MR) is 104 cm³/mol. The zero-order valence-corrected chi connectivity index (χ0v) is 15.3. The molecule has 7 heteroatoms. The van der Waals surface area contributed by atoms with E-state index in [2.05, 4.69) is 15.6 Å². The molecule has 6 nitrogen and oxygen atoms in total. The first kappa shape index (κ1) is 17.9. The molecule has 3 rings (SSSR count). The number of H-pyrrole nitrogens is 1. The van der Waals surface area contributed by atoms with Crippen molar-refractivity contribution in [2.75, 3.05) is 26.1 Å². The van der Waals surface area contributed by atoms with Crippen molar-refractivity contribution in [1.82, 2.24) is 10.3 Å². The number of ether oxygens (including phenoxy) is 2. The molecule has 0 bridgehead atoms. The Labute approximate surface area is 156 Å². The second-order valence-electron chi connectivity index (χ2n) is 5.70. The summed E-state index contributed by atoms with van der Waals surface area (Å²) in [5.41, 5.74) is 2.70. The number of aromatic nitrogens is 1. The normalized spacial score (nSPS) is 10.6. The lowest BCUT2D eigenvalue weighted by molar-refractivity contribution is 0.252. The van der Waals surface area contributed by atoms with E-state index in [-0.39, 0.29) is 6.03 Å². The number of halogens is 1. The van der Waals surface area contributed by atoms with E-state index in [1.165, 1.54) is 0 Å². The Kier molecular flexibility index (Phi) is 5.53. The quantitative estimate of drug-likeness (QED) is 0.606. The summed E-state index contributed by atoms with van der Waals surface area (Å²) >= 11 is 6.06. The highest BCUT2D eigenvalue weighted by Gasteiger charge is 2.09. The first-order valence-corrected chi connectivity index (χ1v) is 8.51. The van der Waals surface area contributed by atoms with Gasteiger partial charge in [-0.05, 0) is 42.3 Å². The van der Waals surface area contributed by atoms with Crippen LogP contribution in [0.3, 0.4) is 0 Å². The van der Waals surface area contributed by atoms with E-state index in [0.717, 1.165) is 16.5 Å². The van der Waals surface area contributed by atoms with Gasteiger partial charge in [0.15, 0.2) is 0 Å². The highest BCUT2D eigenvalue weighted by Crippen LogP contribution is 2.29. The van der Waals surface area contributed by atoms with Crippen molar-refractivity contribution in [1.29, 1.82) is 0 Å². The van der Waals surface area contributed by atoms with Gasteiger partial charge in [0.2, 0.25) is 0 Å². The molecule has 0 saturated heterocycles. The van der Waals surface area contributed by atoms with Gasteiger partial charge >= 0.3 is 6.03 Å². The van der Waals surface area contributed by atoms with Crippen LogP contribution in [0.25, 0.3) is 10.9 Å². The highest BCUT2D eigenvalue weighted by molar-refractivity contribution is 6.31. The first-order chi connectivity index (χ1) is 12.6. The lowest BCUT2D eigenvalue weighted by Crippen LogP contribution is -2.30. The minimum absolute atomic E-state index is 0.300. The monoisotopic (exact) mass is 373 g/mol. The molecule has 0 aliphatic carbocycles. The van der Waals surface area contributed by atoms with Crippen LogP contribution in [0.15, 0.2) is 42.6 Å². The van der Waals surface area contributed by atoms with Crippen molar-refractivity contribution in [2.45, 2.75) is 6.42 Å². The molecule has 136 valence electrons. The molecule has 3 N–H and O–H groups in total. The number of nitrogens with one attached hydrogen (secondary N) is 3. The fourth-order valence-electron chi connectivity index (χ4n) is 2.74. The van der Waals surface area contributed by atoms with Gasteiger partial charge < -0.3 is 25.1 Å². The molecule has 2 amide bonds. The minimum Gasteiger partial charge on any atom is -0.497 e. The van der Waals surface area contributed by atoms with Crippen LogP contribution in [0, 0.1) is 0 Å². The summed E-state index contributed by atoms with van der Waals surface area (Å²) in [6.45, 7) is 0.490. The molecular weight excluding hydrogens is 354 g/mol. The van der Waals surface area contributed by atoms with Gasteiger partial charge in [-0.1, -0.05) is 11.6 Å². The summed E-state index contributed by atoms with van der Waals surface area (Å²) in [7, 11) is 3.12. The summed E-state index contributed by atoms with van der Waals surface area (Å²) in [6, 6.07) is 10.6. The lowest BCUT2D eigenvalue weighted by atomic mass is 10.1. The van der Waals surface area contributed by atoms with Gasteiger partial charge in [-0.2, -0.15) is 0 Å². The Morgan fingerprint density at radius 3 is 2.77 bits per heavy atom. The Balaban J connectivity index is 1.58. The van der Waals surface area contributed by atoms with Crippen molar-refractivity contribution in [2.24, 2.45) is 0 Å². The second kappa shape index (κ2) is 8.01. The van der Waals surface area contributed by atoms with Crippen LogP contribution in [-0.4, -0.2) is 31.8 Å². The molecule has 26 heavy (non-hydrogen) atoms. The van der Waals surface area contributed by atoms with Gasteiger partial charge in [0.1, 0.15) is 11.5 Å².